The van der Waals surface area contributed by atoms with Crippen molar-refractivity contribution in [3.8, 4) is 0 Å². The van der Waals surface area contributed by atoms with E-state index in [0.717, 1.165) is 20.5 Å². The molecule has 0 bridgehead atoms. The van der Waals surface area contributed by atoms with Crippen LogP contribution >= 0.6 is 31.9 Å². The number of hydrogen-bond acceptors (Lipinski definition) is 3. The maximum Gasteiger partial charge on any atom is 0.140 e. The zero-order valence-electron chi connectivity index (χ0n) is 7.67. The van der Waals surface area contributed by atoms with Crippen molar-refractivity contribution in [2.75, 3.05) is 5.32 Å². The van der Waals surface area contributed by atoms with Gasteiger partial charge in [0.15, 0.2) is 0 Å². The van der Waals surface area contributed by atoms with Gasteiger partial charge in [0.05, 0.1) is 16.7 Å². The van der Waals surface area contributed by atoms with Crippen molar-refractivity contribution in [1.29, 1.82) is 0 Å². The summed E-state index contributed by atoms with van der Waals surface area (Å²) in [5, 5.41) is 9.93. The van der Waals surface area contributed by atoms with Crippen molar-refractivity contribution in [3.63, 3.8) is 0 Å². The summed E-state index contributed by atoms with van der Waals surface area (Å²) >= 11 is 6.78. The van der Waals surface area contributed by atoms with Crippen molar-refractivity contribution >= 4 is 37.7 Å². The highest BCUT2D eigenvalue weighted by Gasteiger charge is 2.01. The first-order valence-corrected chi connectivity index (χ1v) is 5.87. The molecular formula is C9H8Br2N4. The van der Waals surface area contributed by atoms with Crippen LogP contribution in [0.1, 0.15) is 5.69 Å². The molecule has 0 atom stereocenters. The molecule has 2 aromatic rings. The lowest BCUT2D eigenvalue weighted by Gasteiger charge is -2.05. The third kappa shape index (κ3) is 2.79. The van der Waals surface area contributed by atoms with Crippen LogP contribution in [0.15, 0.2) is 33.5 Å². The minimum atomic E-state index is 0.674. The van der Waals surface area contributed by atoms with Crippen molar-refractivity contribution in [3.05, 3.63) is 39.2 Å². The van der Waals surface area contributed by atoms with Crippen LogP contribution in [0.25, 0.3) is 0 Å². The highest BCUT2D eigenvalue weighted by molar-refractivity contribution is 9.11. The molecule has 0 aliphatic carbocycles. The number of rotatable bonds is 3. The van der Waals surface area contributed by atoms with E-state index in [9.17, 15) is 0 Å². The highest BCUT2D eigenvalue weighted by Crippen LogP contribution is 2.23. The van der Waals surface area contributed by atoms with Gasteiger partial charge in [0.2, 0.25) is 0 Å². The first-order chi connectivity index (χ1) is 7.25. The SMILES string of the molecule is Brc1cnc(NCc2ccn[nH]2)c(Br)c1. The second-order valence-corrected chi connectivity index (χ2v) is 4.69. The van der Waals surface area contributed by atoms with E-state index >= 15 is 0 Å². The van der Waals surface area contributed by atoms with Gasteiger partial charge in [-0.2, -0.15) is 5.10 Å². The molecule has 6 heteroatoms. The van der Waals surface area contributed by atoms with E-state index in [1.807, 2.05) is 12.1 Å². The number of aromatic nitrogens is 3. The van der Waals surface area contributed by atoms with Gasteiger partial charge in [-0.1, -0.05) is 0 Å². The quantitative estimate of drug-likeness (QED) is 0.909. The molecule has 2 N–H and O–H groups in total. The Morgan fingerprint density at radius 3 is 2.93 bits per heavy atom. The molecule has 0 spiro atoms. The second-order valence-electron chi connectivity index (χ2n) is 2.92. The fraction of sp³-hybridized carbons (Fsp3) is 0.111. The summed E-state index contributed by atoms with van der Waals surface area (Å²) in [6, 6.07) is 3.86. The van der Waals surface area contributed by atoms with E-state index in [-0.39, 0.29) is 0 Å². The van der Waals surface area contributed by atoms with E-state index in [2.05, 4.69) is 52.4 Å². The van der Waals surface area contributed by atoms with Gasteiger partial charge in [0.1, 0.15) is 5.82 Å². The van der Waals surface area contributed by atoms with Crippen LogP contribution in [-0.2, 0) is 6.54 Å². The van der Waals surface area contributed by atoms with Crippen LogP contribution in [0.4, 0.5) is 5.82 Å². The predicted molar refractivity (Wildman–Crippen MR) is 65.6 cm³/mol. The fourth-order valence-electron chi connectivity index (χ4n) is 1.11. The Hall–Kier alpha value is -0.880. The molecule has 2 aromatic heterocycles. The van der Waals surface area contributed by atoms with Gasteiger partial charge in [-0.25, -0.2) is 4.98 Å². The average Bonchev–Trinajstić information content (AvgIpc) is 2.69. The lowest BCUT2D eigenvalue weighted by molar-refractivity contribution is 0.973. The average molecular weight is 332 g/mol. The predicted octanol–water partition coefficient (Wildman–Crippen LogP) is 2.94. The normalized spacial score (nSPS) is 10.3. The Morgan fingerprint density at radius 2 is 2.27 bits per heavy atom. The molecule has 4 nitrogen and oxygen atoms in total. The molecule has 0 aliphatic rings. The summed E-state index contributed by atoms with van der Waals surface area (Å²) in [7, 11) is 0. The first kappa shape index (κ1) is 10.6. The molecule has 15 heavy (non-hydrogen) atoms. The van der Waals surface area contributed by atoms with Crippen molar-refractivity contribution in [2.24, 2.45) is 0 Å². The molecule has 0 radical (unpaired) electrons. The van der Waals surface area contributed by atoms with Crippen LogP contribution in [0.2, 0.25) is 0 Å². The Morgan fingerprint density at radius 1 is 1.40 bits per heavy atom. The van der Waals surface area contributed by atoms with Crippen molar-refractivity contribution in [1.82, 2.24) is 15.2 Å². The largest absolute Gasteiger partial charge is 0.364 e. The summed E-state index contributed by atoms with van der Waals surface area (Å²) in [6.45, 7) is 0.674. The molecule has 0 unspecified atom stereocenters. The maximum atomic E-state index is 4.24. The van der Waals surface area contributed by atoms with Crippen LogP contribution in [-0.4, -0.2) is 15.2 Å². The lowest BCUT2D eigenvalue weighted by Crippen LogP contribution is -2.02. The minimum absolute atomic E-state index is 0.674. The summed E-state index contributed by atoms with van der Waals surface area (Å²) < 4.78 is 1.87. The summed E-state index contributed by atoms with van der Waals surface area (Å²) in [5.41, 5.74) is 1.02. The van der Waals surface area contributed by atoms with E-state index in [0.29, 0.717) is 6.54 Å². The maximum absolute atomic E-state index is 4.24. The molecule has 0 aliphatic heterocycles. The monoisotopic (exact) mass is 330 g/mol. The highest BCUT2D eigenvalue weighted by atomic mass is 79.9. The van der Waals surface area contributed by atoms with Crippen LogP contribution < -0.4 is 5.32 Å². The zero-order valence-corrected chi connectivity index (χ0v) is 10.8. The summed E-state index contributed by atoms with van der Waals surface area (Å²) in [6.07, 6.45) is 3.47. The van der Waals surface area contributed by atoms with Gasteiger partial charge >= 0.3 is 0 Å². The van der Waals surface area contributed by atoms with Crippen LogP contribution in [0, 0.1) is 0 Å². The molecule has 2 rings (SSSR count). The first-order valence-electron chi connectivity index (χ1n) is 4.29. The molecule has 0 aromatic carbocycles. The molecule has 0 saturated heterocycles. The summed E-state index contributed by atoms with van der Waals surface area (Å²) in [5.74, 6) is 0.813. The second kappa shape index (κ2) is 4.76. The number of nitrogens with one attached hydrogen (secondary N) is 2. The number of aromatic amines is 1. The number of hydrogen-bond donors (Lipinski definition) is 2. The van der Waals surface area contributed by atoms with E-state index in [1.54, 1.807) is 12.4 Å². The third-order valence-corrected chi connectivity index (χ3v) is 2.85. The van der Waals surface area contributed by atoms with Gasteiger partial charge in [0.25, 0.3) is 0 Å². The number of nitrogens with zero attached hydrogens (tertiary/aromatic N) is 2. The fourth-order valence-corrected chi connectivity index (χ4v) is 2.23. The van der Waals surface area contributed by atoms with Gasteiger partial charge in [-0.05, 0) is 44.0 Å². The van der Waals surface area contributed by atoms with Gasteiger partial charge in [0, 0.05) is 16.9 Å². The van der Waals surface area contributed by atoms with Gasteiger partial charge in [-0.3, -0.25) is 5.10 Å². The van der Waals surface area contributed by atoms with E-state index in [1.165, 1.54) is 0 Å². The van der Waals surface area contributed by atoms with E-state index in [4.69, 9.17) is 0 Å². The standard InChI is InChI=1S/C9H8Br2N4/c10-6-3-8(11)9(12-4-6)13-5-7-1-2-14-15-7/h1-4H,5H2,(H,12,13)(H,14,15). The van der Waals surface area contributed by atoms with Crippen molar-refractivity contribution < 1.29 is 0 Å². The van der Waals surface area contributed by atoms with Gasteiger partial charge < -0.3 is 5.32 Å². The number of halogens is 2. The minimum Gasteiger partial charge on any atom is -0.364 e. The Bertz CT molecular complexity index is 441. The molecule has 0 amide bonds. The van der Waals surface area contributed by atoms with E-state index < -0.39 is 0 Å². The number of pyridine rings is 1. The van der Waals surface area contributed by atoms with Crippen LogP contribution in [0.3, 0.4) is 0 Å². The topological polar surface area (TPSA) is 53.6 Å². The number of H-pyrrole nitrogens is 1. The van der Waals surface area contributed by atoms with Gasteiger partial charge in [-0.15, -0.1) is 0 Å². The molecular weight excluding hydrogens is 324 g/mol. The Balaban J connectivity index is 2.05. The Labute approximate surface area is 104 Å². The zero-order chi connectivity index (χ0) is 10.7. The smallest absolute Gasteiger partial charge is 0.140 e. The molecule has 0 saturated carbocycles. The molecule has 2 heterocycles. The third-order valence-electron chi connectivity index (χ3n) is 1.81. The lowest BCUT2D eigenvalue weighted by atomic mass is 10.4. The molecule has 78 valence electrons. The number of anilines is 1. The van der Waals surface area contributed by atoms with Crippen molar-refractivity contribution in [2.45, 2.75) is 6.54 Å². The Kier molecular flexibility index (Phi) is 3.37. The molecule has 0 fully saturated rings. The summed E-state index contributed by atoms with van der Waals surface area (Å²) in [4.78, 5) is 4.24. The van der Waals surface area contributed by atoms with Crippen LogP contribution in [0.5, 0.6) is 0 Å².